The van der Waals surface area contributed by atoms with Crippen molar-refractivity contribution in [3.8, 4) is 0 Å². The minimum Gasteiger partial charge on any atom is -0.381 e. The number of halogens is 3. The van der Waals surface area contributed by atoms with Crippen molar-refractivity contribution in [2.24, 2.45) is 5.92 Å². The molecule has 4 heteroatoms. The van der Waals surface area contributed by atoms with Gasteiger partial charge in [-0.1, -0.05) is 12.1 Å². The molecule has 106 valence electrons. The molecule has 0 unspecified atom stereocenters. The molecule has 0 atom stereocenters. The molecular weight excluding hydrogens is 286 g/mol. The Hall–Kier alpha value is -0.310. The Morgan fingerprint density at radius 3 is 2.21 bits per heavy atom. The van der Waals surface area contributed by atoms with Crippen molar-refractivity contribution >= 4 is 23.2 Å². The van der Waals surface area contributed by atoms with Gasteiger partial charge in [-0.3, -0.25) is 0 Å². The van der Waals surface area contributed by atoms with Gasteiger partial charge in [-0.05, 0) is 42.9 Å². The van der Waals surface area contributed by atoms with Crippen LogP contribution in [0.2, 0.25) is 0 Å². The van der Waals surface area contributed by atoms with Crippen molar-refractivity contribution in [3.05, 3.63) is 35.6 Å². The smallest absolute Gasteiger partial charge is 0.123 e. The van der Waals surface area contributed by atoms with Crippen LogP contribution in [-0.2, 0) is 10.2 Å². The molecule has 0 amide bonds. The molecule has 19 heavy (non-hydrogen) atoms. The largest absolute Gasteiger partial charge is 0.381 e. The second kappa shape index (κ2) is 6.92. The highest BCUT2D eigenvalue weighted by molar-refractivity contribution is 6.22. The summed E-state index contributed by atoms with van der Waals surface area (Å²) < 4.78 is 18.4. The van der Waals surface area contributed by atoms with Gasteiger partial charge in [0.05, 0.1) is 0 Å². The number of hydrogen-bond acceptors (Lipinski definition) is 1. The maximum absolute atomic E-state index is 13.1. The average Bonchev–Trinajstić information content (AvgIpc) is 2.47. The SMILES string of the molecule is Fc1ccc(C(CCl)(CCl)CC2CCOCC2)cc1. The lowest BCUT2D eigenvalue weighted by Gasteiger charge is -2.35. The van der Waals surface area contributed by atoms with Crippen LogP contribution in [0, 0.1) is 11.7 Å². The maximum atomic E-state index is 13.1. The molecule has 0 bridgehead atoms. The van der Waals surface area contributed by atoms with Crippen LogP contribution in [0.1, 0.15) is 24.8 Å². The first-order valence-electron chi connectivity index (χ1n) is 6.66. The van der Waals surface area contributed by atoms with E-state index in [1.807, 2.05) is 0 Å². The van der Waals surface area contributed by atoms with Crippen LogP contribution in [-0.4, -0.2) is 25.0 Å². The number of ether oxygens (including phenoxy) is 1. The molecule has 2 rings (SSSR count). The van der Waals surface area contributed by atoms with Crippen LogP contribution in [0.3, 0.4) is 0 Å². The summed E-state index contributed by atoms with van der Waals surface area (Å²) in [4.78, 5) is 0. The van der Waals surface area contributed by atoms with E-state index in [0.717, 1.165) is 38.0 Å². The van der Waals surface area contributed by atoms with E-state index < -0.39 is 0 Å². The Morgan fingerprint density at radius 2 is 1.68 bits per heavy atom. The minimum absolute atomic E-state index is 0.229. The molecule has 0 spiro atoms. The van der Waals surface area contributed by atoms with E-state index in [2.05, 4.69) is 0 Å². The number of alkyl halides is 2. The van der Waals surface area contributed by atoms with Gasteiger partial charge in [-0.25, -0.2) is 4.39 Å². The van der Waals surface area contributed by atoms with Crippen molar-refractivity contribution in [2.45, 2.75) is 24.7 Å². The topological polar surface area (TPSA) is 9.23 Å². The Kier molecular flexibility index (Phi) is 5.49. The zero-order chi connectivity index (χ0) is 13.7. The van der Waals surface area contributed by atoms with Crippen LogP contribution in [0.5, 0.6) is 0 Å². The van der Waals surface area contributed by atoms with E-state index in [1.165, 1.54) is 12.1 Å². The Morgan fingerprint density at radius 1 is 1.11 bits per heavy atom. The van der Waals surface area contributed by atoms with E-state index >= 15 is 0 Å². The molecule has 0 N–H and O–H groups in total. The summed E-state index contributed by atoms with van der Waals surface area (Å²) in [6, 6.07) is 6.57. The fourth-order valence-electron chi connectivity index (χ4n) is 2.72. The third-order valence-corrected chi connectivity index (χ3v) is 5.01. The predicted molar refractivity (Wildman–Crippen MR) is 77.7 cm³/mol. The van der Waals surface area contributed by atoms with Gasteiger partial charge in [0.15, 0.2) is 0 Å². The second-order valence-corrected chi connectivity index (χ2v) is 5.85. The molecule has 0 radical (unpaired) electrons. The summed E-state index contributed by atoms with van der Waals surface area (Å²) in [6.45, 7) is 1.63. The summed E-state index contributed by atoms with van der Waals surface area (Å²) in [5.41, 5.74) is 0.768. The van der Waals surface area contributed by atoms with Crippen LogP contribution < -0.4 is 0 Å². The van der Waals surface area contributed by atoms with E-state index in [9.17, 15) is 4.39 Å². The van der Waals surface area contributed by atoms with Crippen LogP contribution in [0.4, 0.5) is 4.39 Å². The van der Waals surface area contributed by atoms with Gasteiger partial charge in [0.2, 0.25) is 0 Å². The summed E-state index contributed by atoms with van der Waals surface area (Å²) in [5.74, 6) is 1.27. The fourth-order valence-corrected chi connectivity index (χ4v) is 3.54. The first kappa shape index (κ1) is 15.1. The third kappa shape index (κ3) is 3.62. The van der Waals surface area contributed by atoms with E-state index in [0.29, 0.717) is 17.7 Å². The first-order valence-corrected chi connectivity index (χ1v) is 7.73. The van der Waals surface area contributed by atoms with Gasteiger partial charge in [-0.15, -0.1) is 23.2 Å². The van der Waals surface area contributed by atoms with E-state index in [1.54, 1.807) is 12.1 Å². The quantitative estimate of drug-likeness (QED) is 0.735. The molecule has 1 aromatic rings. The highest BCUT2D eigenvalue weighted by atomic mass is 35.5. The molecule has 1 aliphatic heterocycles. The lowest BCUT2D eigenvalue weighted by molar-refractivity contribution is 0.0581. The summed E-state index contributed by atoms with van der Waals surface area (Å²) in [6.07, 6.45) is 3.04. The van der Waals surface area contributed by atoms with Crippen LogP contribution in [0.25, 0.3) is 0 Å². The average molecular weight is 305 g/mol. The van der Waals surface area contributed by atoms with E-state index in [-0.39, 0.29) is 11.2 Å². The van der Waals surface area contributed by atoms with Crippen molar-refractivity contribution in [1.82, 2.24) is 0 Å². The van der Waals surface area contributed by atoms with Crippen molar-refractivity contribution < 1.29 is 9.13 Å². The van der Waals surface area contributed by atoms with Crippen LogP contribution >= 0.6 is 23.2 Å². The first-order chi connectivity index (χ1) is 9.20. The Labute approximate surface area is 124 Å². The Bertz CT molecular complexity index is 384. The van der Waals surface area contributed by atoms with Gasteiger partial charge < -0.3 is 4.74 Å². The summed E-state index contributed by atoms with van der Waals surface area (Å²) in [7, 11) is 0. The molecule has 0 aliphatic carbocycles. The van der Waals surface area contributed by atoms with Gasteiger partial charge >= 0.3 is 0 Å². The number of benzene rings is 1. The molecule has 1 heterocycles. The monoisotopic (exact) mass is 304 g/mol. The molecule has 1 aromatic carbocycles. The lowest BCUT2D eigenvalue weighted by Crippen LogP contribution is -2.35. The highest BCUT2D eigenvalue weighted by Gasteiger charge is 2.34. The fraction of sp³-hybridized carbons (Fsp3) is 0.600. The summed E-state index contributed by atoms with van der Waals surface area (Å²) in [5, 5.41) is 0. The zero-order valence-electron chi connectivity index (χ0n) is 10.9. The third-order valence-electron chi connectivity index (χ3n) is 3.99. The van der Waals surface area contributed by atoms with Crippen molar-refractivity contribution in [1.29, 1.82) is 0 Å². The highest BCUT2D eigenvalue weighted by Crippen LogP contribution is 2.37. The van der Waals surface area contributed by atoms with Gasteiger partial charge in [0.1, 0.15) is 5.82 Å². The second-order valence-electron chi connectivity index (χ2n) is 5.31. The number of rotatable bonds is 5. The zero-order valence-corrected chi connectivity index (χ0v) is 12.4. The van der Waals surface area contributed by atoms with Crippen LogP contribution in [0.15, 0.2) is 24.3 Å². The molecule has 1 nitrogen and oxygen atoms in total. The van der Waals surface area contributed by atoms with E-state index in [4.69, 9.17) is 27.9 Å². The van der Waals surface area contributed by atoms with Gasteiger partial charge in [-0.2, -0.15) is 0 Å². The molecule has 0 aromatic heterocycles. The molecule has 1 aliphatic rings. The summed E-state index contributed by atoms with van der Waals surface area (Å²) >= 11 is 12.4. The maximum Gasteiger partial charge on any atom is 0.123 e. The molecular formula is C15H19Cl2FO. The predicted octanol–water partition coefficient (Wildman–Crippen LogP) is 4.36. The van der Waals surface area contributed by atoms with Gasteiger partial charge in [0.25, 0.3) is 0 Å². The normalized spacial score (nSPS) is 17.6. The Balaban J connectivity index is 2.18. The molecule has 0 saturated carbocycles. The van der Waals surface area contributed by atoms with Gasteiger partial charge in [0, 0.05) is 30.4 Å². The molecule has 1 fully saturated rings. The minimum atomic E-state index is -0.265. The number of hydrogen-bond donors (Lipinski definition) is 0. The van der Waals surface area contributed by atoms with Crippen molar-refractivity contribution in [3.63, 3.8) is 0 Å². The van der Waals surface area contributed by atoms with Crippen molar-refractivity contribution in [2.75, 3.05) is 25.0 Å². The standard InChI is InChI=1S/C15H19Cl2FO/c16-10-15(11-17,9-12-5-7-19-8-6-12)13-1-3-14(18)4-2-13/h1-4,12H,5-11H2. The lowest BCUT2D eigenvalue weighted by atomic mass is 9.75. The molecule has 1 saturated heterocycles.